The first-order valence-electron chi connectivity index (χ1n) is 6.19. The number of halogens is 6. The molecular weight excluding hydrogens is 344 g/mol. The summed E-state index contributed by atoms with van der Waals surface area (Å²) in [6, 6.07) is 3.67. The van der Waals surface area contributed by atoms with Crippen LogP contribution in [0.15, 0.2) is 18.2 Å². The van der Waals surface area contributed by atoms with Gasteiger partial charge < -0.3 is 9.47 Å². The molecular formula is C13H9F6N3O2. The summed E-state index contributed by atoms with van der Waals surface area (Å²) in [6.45, 7) is 0. The van der Waals surface area contributed by atoms with Crippen LogP contribution in [-0.2, 0) is 12.4 Å². The van der Waals surface area contributed by atoms with Gasteiger partial charge >= 0.3 is 12.4 Å². The van der Waals surface area contributed by atoms with E-state index in [2.05, 4.69) is 15.0 Å². The van der Waals surface area contributed by atoms with Crippen molar-refractivity contribution in [1.29, 1.82) is 0 Å². The Balaban J connectivity index is 2.65. The third-order valence-electron chi connectivity index (χ3n) is 2.78. The molecule has 0 fully saturated rings. The van der Waals surface area contributed by atoms with Gasteiger partial charge in [0.25, 0.3) is 0 Å². The first-order valence-corrected chi connectivity index (χ1v) is 6.19. The van der Waals surface area contributed by atoms with E-state index in [0.717, 1.165) is 6.07 Å². The molecule has 1 aromatic heterocycles. The quantitative estimate of drug-likeness (QED) is 0.790. The number of nitrogens with zero attached hydrogens (tertiary/aromatic N) is 3. The fourth-order valence-corrected chi connectivity index (χ4v) is 1.73. The molecule has 2 rings (SSSR count). The lowest BCUT2D eigenvalue weighted by Gasteiger charge is -2.12. The molecule has 5 nitrogen and oxygen atoms in total. The normalized spacial score (nSPS) is 12.2. The molecule has 0 bridgehead atoms. The fraction of sp³-hybridized carbons (Fsp3) is 0.308. The van der Waals surface area contributed by atoms with Gasteiger partial charge in [-0.2, -0.15) is 26.3 Å². The zero-order chi connectivity index (χ0) is 18.1. The summed E-state index contributed by atoms with van der Waals surface area (Å²) in [5.74, 6) is -4.32. The van der Waals surface area contributed by atoms with Crippen LogP contribution in [0.25, 0.3) is 11.4 Å². The maximum Gasteiger partial charge on any atom is 0.451 e. The van der Waals surface area contributed by atoms with E-state index in [9.17, 15) is 26.3 Å². The number of ether oxygens (including phenoxy) is 2. The molecule has 0 aliphatic carbocycles. The minimum Gasteiger partial charge on any atom is -0.493 e. The van der Waals surface area contributed by atoms with Crippen molar-refractivity contribution in [3.8, 4) is 22.9 Å². The van der Waals surface area contributed by atoms with Gasteiger partial charge in [0.1, 0.15) is 0 Å². The van der Waals surface area contributed by atoms with E-state index in [4.69, 9.17) is 9.47 Å². The summed E-state index contributed by atoms with van der Waals surface area (Å²) in [6.07, 6.45) is -10.3. The predicted octanol–water partition coefficient (Wildman–Crippen LogP) is 3.59. The Morgan fingerprint density at radius 1 is 0.750 bits per heavy atom. The Morgan fingerprint density at radius 3 is 1.67 bits per heavy atom. The van der Waals surface area contributed by atoms with Gasteiger partial charge in [-0.3, -0.25) is 0 Å². The highest BCUT2D eigenvalue weighted by molar-refractivity contribution is 5.61. The number of benzene rings is 1. The van der Waals surface area contributed by atoms with Crippen LogP contribution in [0.5, 0.6) is 11.5 Å². The smallest absolute Gasteiger partial charge is 0.451 e. The molecule has 0 N–H and O–H groups in total. The Bertz CT molecular complexity index is 713. The molecule has 0 atom stereocenters. The van der Waals surface area contributed by atoms with Gasteiger partial charge in [-0.25, -0.2) is 15.0 Å². The molecule has 0 amide bonds. The highest BCUT2D eigenvalue weighted by Crippen LogP contribution is 2.35. The average Bonchev–Trinajstić information content (AvgIpc) is 2.52. The first-order chi connectivity index (χ1) is 11.1. The molecule has 11 heteroatoms. The lowest BCUT2D eigenvalue weighted by Crippen LogP contribution is -2.19. The Hall–Kier alpha value is -2.59. The van der Waals surface area contributed by atoms with Crippen molar-refractivity contribution in [3.63, 3.8) is 0 Å². The Kier molecular flexibility index (Phi) is 4.54. The van der Waals surface area contributed by atoms with Crippen LogP contribution in [-0.4, -0.2) is 29.2 Å². The molecule has 0 spiro atoms. The molecule has 0 aliphatic heterocycles. The summed E-state index contributed by atoms with van der Waals surface area (Å²) in [5.41, 5.74) is -0.119. The van der Waals surface area contributed by atoms with E-state index >= 15 is 0 Å². The van der Waals surface area contributed by atoms with Crippen LogP contribution in [0, 0.1) is 0 Å². The highest BCUT2D eigenvalue weighted by atomic mass is 19.4. The summed E-state index contributed by atoms with van der Waals surface area (Å²) < 4.78 is 86.4. The van der Waals surface area contributed by atoms with Crippen LogP contribution in [0.1, 0.15) is 11.6 Å². The van der Waals surface area contributed by atoms with Gasteiger partial charge in [-0.1, -0.05) is 0 Å². The number of methoxy groups -OCH3 is 2. The Labute approximate surface area is 131 Å². The third kappa shape index (κ3) is 3.66. The molecule has 0 unspecified atom stereocenters. The van der Waals surface area contributed by atoms with Crippen LogP contribution >= 0.6 is 0 Å². The third-order valence-corrected chi connectivity index (χ3v) is 2.78. The number of hydrogen-bond acceptors (Lipinski definition) is 5. The maximum absolute atomic E-state index is 12.8. The molecule has 1 heterocycles. The topological polar surface area (TPSA) is 57.1 Å². The van der Waals surface area contributed by atoms with E-state index in [-0.39, 0.29) is 17.1 Å². The molecule has 0 saturated carbocycles. The van der Waals surface area contributed by atoms with Crippen LogP contribution in [0.2, 0.25) is 0 Å². The van der Waals surface area contributed by atoms with E-state index < -0.39 is 29.8 Å². The molecule has 0 aliphatic rings. The molecule has 0 radical (unpaired) electrons. The van der Waals surface area contributed by atoms with Crippen molar-refractivity contribution >= 4 is 0 Å². The van der Waals surface area contributed by atoms with Gasteiger partial charge in [0.2, 0.25) is 11.6 Å². The lowest BCUT2D eigenvalue weighted by atomic mass is 10.2. The summed E-state index contributed by atoms with van der Waals surface area (Å²) in [5, 5.41) is 0. The number of alkyl halides is 6. The van der Waals surface area contributed by atoms with Crippen LogP contribution < -0.4 is 9.47 Å². The SMILES string of the molecule is COc1ccc(-c2nc(C(F)(F)F)nc(C(F)(F)F)n2)cc1OC. The van der Waals surface area contributed by atoms with Gasteiger partial charge in [-0.05, 0) is 18.2 Å². The molecule has 1 aromatic carbocycles. The lowest BCUT2D eigenvalue weighted by molar-refractivity contribution is -0.155. The van der Waals surface area contributed by atoms with Crippen molar-refractivity contribution in [1.82, 2.24) is 15.0 Å². The van der Waals surface area contributed by atoms with E-state index in [0.29, 0.717) is 0 Å². The van der Waals surface area contributed by atoms with Gasteiger partial charge in [0.15, 0.2) is 17.3 Å². The van der Waals surface area contributed by atoms with E-state index in [1.165, 1.54) is 26.4 Å². The zero-order valence-electron chi connectivity index (χ0n) is 12.2. The minimum atomic E-state index is -5.16. The monoisotopic (exact) mass is 353 g/mol. The number of aromatic nitrogens is 3. The molecule has 0 saturated heterocycles. The fourth-order valence-electron chi connectivity index (χ4n) is 1.73. The standard InChI is InChI=1S/C13H9F6N3O2/c1-23-7-4-3-6(5-8(7)24-2)9-20-10(12(14,15)16)22-11(21-9)13(17,18)19/h3-5H,1-2H3. The predicted molar refractivity (Wildman–Crippen MR) is 68.4 cm³/mol. The van der Waals surface area contributed by atoms with E-state index in [1.807, 2.05) is 0 Å². The van der Waals surface area contributed by atoms with Crippen molar-refractivity contribution in [3.05, 3.63) is 29.8 Å². The van der Waals surface area contributed by atoms with Crippen molar-refractivity contribution < 1.29 is 35.8 Å². The maximum atomic E-state index is 12.8. The summed E-state index contributed by atoms with van der Waals surface area (Å²) >= 11 is 0. The number of hydrogen-bond donors (Lipinski definition) is 0. The molecule has 130 valence electrons. The second kappa shape index (κ2) is 6.13. The van der Waals surface area contributed by atoms with Crippen LogP contribution in [0.3, 0.4) is 0 Å². The highest BCUT2D eigenvalue weighted by Gasteiger charge is 2.41. The second-order valence-electron chi connectivity index (χ2n) is 4.37. The minimum absolute atomic E-state index is 0.0949. The Morgan fingerprint density at radius 2 is 1.25 bits per heavy atom. The van der Waals surface area contributed by atoms with Gasteiger partial charge in [0, 0.05) is 5.56 Å². The molecule has 24 heavy (non-hydrogen) atoms. The number of rotatable bonds is 3. The second-order valence-corrected chi connectivity index (χ2v) is 4.37. The molecule has 2 aromatic rings. The van der Waals surface area contributed by atoms with Gasteiger partial charge in [-0.15, -0.1) is 0 Å². The summed E-state index contributed by atoms with van der Waals surface area (Å²) in [4.78, 5) is 8.60. The average molecular weight is 353 g/mol. The first kappa shape index (κ1) is 17.8. The largest absolute Gasteiger partial charge is 0.493 e. The van der Waals surface area contributed by atoms with E-state index in [1.54, 1.807) is 0 Å². The summed E-state index contributed by atoms with van der Waals surface area (Å²) in [7, 11) is 2.58. The van der Waals surface area contributed by atoms with Crippen molar-refractivity contribution in [2.24, 2.45) is 0 Å². The van der Waals surface area contributed by atoms with Crippen molar-refractivity contribution in [2.45, 2.75) is 12.4 Å². The van der Waals surface area contributed by atoms with Crippen LogP contribution in [0.4, 0.5) is 26.3 Å². The van der Waals surface area contributed by atoms with Gasteiger partial charge in [0.05, 0.1) is 14.2 Å². The zero-order valence-corrected chi connectivity index (χ0v) is 12.2. The van der Waals surface area contributed by atoms with Crippen molar-refractivity contribution in [2.75, 3.05) is 14.2 Å².